The molecule has 0 radical (unpaired) electrons. The van der Waals surface area contributed by atoms with Gasteiger partial charge >= 0.3 is 5.97 Å². The van der Waals surface area contributed by atoms with Gasteiger partial charge in [0.2, 0.25) is 0 Å². The van der Waals surface area contributed by atoms with Gasteiger partial charge in [-0.1, -0.05) is 0 Å². The molecule has 1 aliphatic rings. The maximum absolute atomic E-state index is 10.6. The molecule has 0 atom stereocenters. The molecule has 3 heteroatoms. The van der Waals surface area contributed by atoms with Crippen LogP contribution in [0, 0.1) is 0 Å². The first kappa shape index (κ1) is 7.12. The summed E-state index contributed by atoms with van der Waals surface area (Å²) < 4.78 is 4.67. The van der Waals surface area contributed by atoms with E-state index in [4.69, 9.17) is 0 Å². The van der Waals surface area contributed by atoms with Crippen LogP contribution in [0.2, 0.25) is 0 Å². The van der Waals surface area contributed by atoms with E-state index >= 15 is 0 Å². The third-order valence-corrected chi connectivity index (χ3v) is 1.19. The Hall–Kier alpha value is -0.990. The van der Waals surface area contributed by atoms with Gasteiger partial charge < -0.3 is 9.64 Å². The highest BCUT2D eigenvalue weighted by atomic mass is 16.5. The second kappa shape index (κ2) is 3.25. The Balaban J connectivity index is 2.15. The Bertz CT molecular complexity index is 150. The summed E-state index contributed by atoms with van der Waals surface area (Å²) in [6, 6.07) is 0. The standard InChI is InChI=1S/C7H11NO2/c1-2-10-7(9)3-4-8-5-6-8/h3-4H,2,5-6H2,1H3/b4-3+. The van der Waals surface area contributed by atoms with Crippen LogP contribution in [0.5, 0.6) is 0 Å². The second-order valence-electron chi connectivity index (χ2n) is 2.10. The van der Waals surface area contributed by atoms with Crippen LogP contribution in [-0.2, 0) is 9.53 Å². The summed E-state index contributed by atoms with van der Waals surface area (Å²) in [5.41, 5.74) is 0. The van der Waals surface area contributed by atoms with Crippen molar-refractivity contribution >= 4 is 5.97 Å². The van der Waals surface area contributed by atoms with E-state index in [9.17, 15) is 4.79 Å². The second-order valence-corrected chi connectivity index (χ2v) is 2.10. The third-order valence-electron chi connectivity index (χ3n) is 1.19. The Morgan fingerprint density at radius 1 is 1.70 bits per heavy atom. The quantitative estimate of drug-likeness (QED) is 0.323. The van der Waals surface area contributed by atoms with E-state index in [1.54, 1.807) is 13.1 Å². The summed E-state index contributed by atoms with van der Waals surface area (Å²) in [5.74, 6) is -0.255. The van der Waals surface area contributed by atoms with Gasteiger partial charge in [-0.2, -0.15) is 0 Å². The van der Waals surface area contributed by atoms with Gasteiger partial charge in [0.25, 0.3) is 0 Å². The van der Waals surface area contributed by atoms with Gasteiger partial charge in [0, 0.05) is 25.4 Å². The van der Waals surface area contributed by atoms with Crippen LogP contribution in [0.1, 0.15) is 6.92 Å². The normalized spacial score (nSPS) is 15.9. The average Bonchev–Trinajstić information content (AvgIpc) is 2.67. The summed E-state index contributed by atoms with van der Waals surface area (Å²) in [6.45, 7) is 4.37. The van der Waals surface area contributed by atoms with E-state index in [-0.39, 0.29) is 5.97 Å². The van der Waals surface area contributed by atoms with Crippen molar-refractivity contribution in [1.82, 2.24) is 4.90 Å². The Kier molecular flexibility index (Phi) is 2.31. The molecule has 10 heavy (non-hydrogen) atoms. The van der Waals surface area contributed by atoms with Crippen molar-refractivity contribution in [2.45, 2.75) is 6.92 Å². The zero-order valence-electron chi connectivity index (χ0n) is 6.04. The molecule has 0 aromatic carbocycles. The monoisotopic (exact) mass is 141 g/mol. The molecule has 1 aliphatic heterocycles. The maximum atomic E-state index is 10.6. The lowest BCUT2D eigenvalue weighted by atomic mass is 10.6. The van der Waals surface area contributed by atoms with E-state index in [1.807, 2.05) is 4.90 Å². The van der Waals surface area contributed by atoms with E-state index in [2.05, 4.69) is 4.74 Å². The highest BCUT2D eigenvalue weighted by molar-refractivity contribution is 5.81. The first-order valence-electron chi connectivity index (χ1n) is 3.42. The summed E-state index contributed by atoms with van der Waals surface area (Å²) >= 11 is 0. The zero-order valence-corrected chi connectivity index (χ0v) is 6.04. The van der Waals surface area contributed by atoms with Crippen LogP contribution in [0.4, 0.5) is 0 Å². The summed E-state index contributed by atoms with van der Waals surface area (Å²) in [4.78, 5) is 12.7. The number of nitrogens with zero attached hydrogens (tertiary/aromatic N) is 1. The van der Waals surface area contributed by atoms with Crippen LogP contribution in [-0.4, -0.2) is 30.6 Å². The molecule has 0 saturated carbocycles. The number of esters is 1. The van der Waals surface area contributed by atoms with E-state index < -0.39 is 0 Å². The predicted molar refractivity (Wildman–Crippen MR) is 37.3 cm³/mol. The largest absolute Gasteiger partial charge is 0.463 e. The lowest BCUT2D eigenvalue weighted by molar-refractivity contribution is -0.137. The van der Waals surface area contributed by atoms with Gasteiger partial charge in [-0.05, 0) is 6.92 Å². The molecule has 0 amide bonds. The number of hydrogen-bond donors (Lipinski definition) is 0. The van der Waals surface area contributed by atoms with Crippen molar-refractivity contribution in [1.29, 1.82) is 0 Å². The van der Waals surface area contributed by atoms with E-state index in [0.717, 1.165) is 13.1 Å². The van der Waals surface area contributed by atoms with Gasteiger partial charge in [-0.3, -0.25) is 0 Å². The number of rotatable bonds is 3. The number of ether oxygens (including phenoxy) is 1. The van der Waals surface area contributed by atoms with Crippen LogP contribution in [0.3, 0.4) is 0 Å². The maximum Gasteiger partial charge on any atom is 0.332 e. The lowest BCUT2D eigenvalue weighted by Crippen LogP contribution is -1.99. The molecular weight excluding hydrogens is 130 g/mol. The van der Waals surface area contributed by atoms with Gasteiger partial charge in [-0.25, -0.2) is 4.79 Å². The molecule has 1 rings (SSSR count). The minimum atomic E-state index is -0.255. The minimum Gasteiger partial charge on any atom is -0.463 e. The molecule has 1 fully saturated rings. The van der Waals surface area contributed by atoms with Crippen molar-refractivity contribution in [2.75, 3.05) is 19.7 Å². The molecule has 1 saturated heterocycles. The van der Waals surface area contributed by atoms with Crippen molar-refractivity contribution in [3.05, 3.63) is 12.3 Å². The summed E-state index contributed by atoms with van der Waals surface area (Å²) in [7, 11) is 0. The molecular formula is C7H11NO2. The van der Waals surface area contributed by atoms with E-state index in [0.29, 0.717) is 6.61 Å². The fraction of sp³-hybridized carbons (Fsp3) is 0.571. The molecule has 0 N–H and O–H groups in total. The third kappa shape index (κ3) is 2.53. The molecule has 0 aromatic rings. The van der Waals surface area contributed by atoms with Gasteiger partial charge in [-0.15, -0.1) is 0 Å². The van der Waals surface area contributed by atoms with Crippen LogP contribution in [0.15, 0.2) is 12.3 Å². The summed E-state index contributed by atoms with van der Waals surface area (Å²) in [6.07, 6.45) is 3.22. The molecule has 0 bridgehead atoms. The van der Waals surface area contributed by atoms with E-state index in [1.165, 1.54) is 6.08 Å². The Morgan fingerprint density at radius 3 is 2.90 bits per heavy atom. The average molecular weight is 141 g/mol. The van der Waals surface area contributed by atoms with Crippen molar-refractivity contribution < 1.29 is 9.53 Å². The fourth-order valence-electron chi connectivity index (χ4n) is 0.563. The highest BCUT2D eigenvalue weighted by Crippen LogP contribution is 2.02. The molecule has 0 unspecified atom stereocenters. The number of carbonyl (C=O) groups is 1. The number of hydrogen-bond acceptors (Lipinski definition) is 3. The van der Waals surface area contributed by atoms with Crippen LogP contribution < -0.4 is 0 Å². The molecule has 56 valence electrons. The highest BCUT2D eigenvalue weighted by Gasteiger charge is 2.11. The SMILES string of the molecule is CCOC(=O)/C=C/N1CC1. The molecule has 0 aromatic heterocycles. The summed E-state index contributed by atoms with van der Waals surface area (Å²) in [5, 5.41) is 0. The van der Waals surface area contributed by atoms with Crippen molar-refractivity contribution in [2.24, 2.45) is 0 Å². The fourth-order valence-corrected chi connectivity index (χ4v) is 0.563. The number of carbonyl (C=O) groups excluding carboxylic acids is 1. The molecule has 0 aliphatic carbocycles. The molecule has 3 nitrogen and oxygen atoms in total. The predicted octanol–water partition coefficient (Wildman–Crippen LogP) is 0.379. The molecule has 0 spiro atoms. The first-order chi connectivity index (χ1) is 4.83. The first-order valence-corrected chi connectivity index (χ1v) is 3.42. The topological polar surface area (TPSA) is 29.3 Å². The van der Waals surface area contributed by atoms with Gasteiger partial charge in [0.15, 0.2) is 0 Å². The zero-order chi connectivity index (χ0) is 7.40. The van der Waals surface area contributed by atoms with Crippen LogP contribution >= 0.6 is 0 Å². The molecule has 1 heterocycles. The van der Waals surface area contributed by atoms with Crippen LogP contribution in [0.25, 0.3) is 0 Å². The van der Waals surface area contributed by atoms with Crippen molar-refractivity contribution in [3.63, 3.8) is 0 Å². The Morgan fingerprint density at radius 2 is 2.40 bits per heavy atom. The lowest BCUT2D eigenvalue weighted by Gasteiger charge is -1.94. The minimum absolute atomic E-state index is 0.255. The van der Waals surface area contributed by atoms with Crippen molar-refractivity contribution in [3.8, 4) is 0 Å². The smallest absolute Gasteiger partial charge is 0.332 e. The van der Waals surface area contributed by atoms with Gasteiger partial charge in [0.1, 0.15) is 0 Å². The Labute approximate surface area is 60.3 Å². The van der Waals surface area contributed by atoms with Gasteiger partial charge in [0.05, 0.1) is 6.61 Å².